The molecule has 0 aliphatic rings. The Kier molecular flexibility index (Phi) is 3.89. The van der Waals surface area contributed by atoms with E-state index < -0.39 is 23.3 Å². The number of nitrogens with one attached hydrogen (secondary N) is 1. The molecule has 2 aromatic rings. The normalized spacial score (nSPS) is 10.4. The van der Waals surface area contributed by atoms with Crippen molar-refractivity contribution in [3.05, 3.63) is 59.2 Å². The van der Waals surface area contributed by atoms with Crippen LogP contribution in [0.25, 0.3) is 0 Å². The standard InChI is InChI=1S/C13H8F4N2S/c14-6-1-2-11(8(3-6)13(18)20)19-7-4-9(15)12(17)10(16)5-7/h1-5,19H,(H2,18,20). The number of hydrogen-bond acceptors (Lipinski definition) is 2. The summed E-state index contributed by atoms with van der Waals surface area (Å²) in [4.78, 5) is -0.0879. The number of rotatable bonds is 3. The molecule has 0 atom stereocenters. The Bertz CT molecular complexity index is 665. The first-order chi connectivity index (χ1) is 9.38. The number of hydrogen-bond donors (Lipinski definition) is 2. The molecular weight excluding hydrogens is 292 g/mol. The summed E-state index contributed by atoms with van der Waals surface area (Å²) < 4.78 is 52.2. The average Bonchev–Trinajstić information content (AvgIpc) is 2.37. The van der Waals surface area contributed by atoms with E-state index in [1.54, 1.807) is 0 Å². The van der Waals surface area contributed by atoms with E-state index in [0.717, 1.165) is 24.3 Å². The fraction of sp³-hybridized carbons (Fsp3) is 0. The fourth-order valence-electron chi connectivity index (χ4n) is 1.61. The van der Waals surface area contributed by atoms with Crippen LogP contribution < -0.4 is 11.1 Å². The molecule has 20 heavy (non-hydrogen) atoms. The first-order valence-electron chi connectivity index (χ1n) is 5.39. The van der Waals surface area contributed by atoms with Crippen molar-refractivity contribution in [1.29, 1.82) is 0 Å². The highest BCUT2D eigenvalue weighted by Gasteiger charge is 2.12. The van der Waals surface area contributed by atoms with Crippen molar-refractivity contribution in [2.45, 2.75) is 0 Å². The second-order valence-electron chi connectivity index (χ2n) is 3.93. The van der Waals surface area contributed by atoms with Crippen LogP contribution in [0, 0.1) is 23.3 Å². The molecule has 7 heteroatoms. The largest absolute Gasteiger partial charge is 0.389 e. The predicted octanol–water partition coefficient (Wildman–Crippen LogP) is 3.62. The summed E-state index contributed by atoms with van der Waals surface area (Å²) in [5.41, 5.74) is 5.81. The molecule has 0 heterocycles. The summed E-state index contributed by atoms with van der Waals surface area (Å²) in [6.07, 6.45) is 0. The van der Waals surface area contributed by atoms with Gasteiger partial charge >= 0.3 is 0 Å². The van der Waals surface area contributed by atoms with Crippen LogP contribution in [0.1, 0.15) is 5.56 Å². The van der Waals surface area contributed by atoms with Gasteiger partial charge in [-0.05, 0) is 18.2 Å². The molecule has 0 aliphatic heterocycles. The van der Waals surface area contributed by atoms with Gasteiger partial charge < -0.3 is 11.1 Å². The van der Waals surface area contributed by atoms with Crippen molar-refractivity contribution in [2.24, 2.45) is 5.73 Å². The van der Waals surface area contributed by atoms with Crippen LogP contribution in [0.3, 0.4) is 0 Å². The Hall–Kier alpha value is -2.15. The van der Waals surface area contributed by atoms with Crippen LogP contribution in [-0.4, -0.2) is 4.99 Å². The minimum atomic E-state index is -1.57. The third-order valence-electron chi connectivity index (χ3n) is 2.51. The van der Waals surface area contributed by atoms with E-state index in [-0.39, 0.29) is 21.9 Å². The molecule has 0 aromatic heterocycles. The highest BCUT2D eigenvalue weighted by molar-refractivity contribution is 7.80. The van der Waals surface area contributed by atoms with Gasteiger partial charge in [-0.1, -0.05) is 12.2 Å². The second-order valence-corrected chi connectivity index (χ2v) is 4.37. The van der Waals surface area contributed by atoms with Gasteiger partial charge in [0.2, 0.25) is 0 Å². The molecule has 0 bridgehead atoms. The van der Waals surface area contributed by atoms with Gasteiger partial charge in [0.05, 0.1) is 0 Å². The van der Waals surface area contributed by atoms with Gasteiger partial charge in [0, 0.05) is 29.1 Å². The zero-order chi connectivity index (χ0) is 14.9. The lowest BCUT2D eigenvalue weighted by Gasteiger charge is -2.12. The van der Waals surface area contributed by atoms with Crippen LogP contribution >= 0.6 is 12.2 Å². The van der Waals surface area contributed by atoms with Crippen LogP contribution in [0.2, 0.25) is 0 Å². The third-order valence-corrected chi connectivity index (χ3v) is 2.73. The smallest absolute Gasteiger partial charge is 0.194 e. The van der Waals surface area contributed by atoms with E-state index in [1.165, 1.54) is 6.07 Å². The van der Waals surface area contributed by atoms with Gasteiger partial charge in [0.15, 0.2) is 17.5 Å². The topological polar surface area (TPSA) is 38.0 Å². The lowest BCUT2D eigenvalue weighted by Crippen LogP contribution is -2.12. The molecule has 0 radical (unpaired) electrons. The van der Waals surface area contributed by atoms with Crippen LogP contribution in [-0.2, 0) is 0 Å². The number of nitrogens with two attached hydrogens (primary N) is 1. The number of halogens is 4. The molecule has 0 saturated heterocycles. The molecule has 2 aromatic carbocycles. The predicted molar refractivity (Wildman–Crippen MR) is 71.9 cm³/mol. The summed E-state index contributed by atoms with van der Waals surface area (Å²) in [6, 6.07) is 5.06. The van der Waals surface area contributed by atoms with Crippen molar-refractivity contribution in [3.63, 3.8) is 0 Å². The van der Waals surface area contributed by atoms with Crippen LogP contribution in [0.5, 0.6) is 0 Å². The van der Waals surface area contributed by atoms with E-state index in [1.807, 2.05) is 0 Å². The maximum absolute atomic E-state index is 13.1. The zero-order valence-corrected chi connectivity index (χ0v) is 10.7. The van der Waals surface area contributed by atoms with Gasteiger partial charge in [-0.3, -0.25) is 0 Å². The molecule has 104 valence electrons. The van der Waals surface area contributed by atoms with E-state index >= 15 is 0 Å². The molecule has 3 N–H and O–H groups in total. The van der Waals surface area contributed by atoms with Gasteiger partial charge in [-0.2, -0.15) is 0 Å². The Morgan fingerprint density at radius 3 is 2.15 bits per heavy atom. The SMILES string of the molecule is NC(=S)c1cc(F)ccc1Nc1cc(F)c(F)c(F)c1. The summed E-state index contributed by atoms with van der Waals surface area (Å²) in [5, 5.41) is 2.61. The summed E-state index contributed by atoms with van der Waals surface area (Å²) in [5.74, 6) is -4.81. The van der Waals surface area contributed by atoms with Gasteiger partial charge in [0.25, 0.3) is 0 Å². The molecule has 0 amide bonds. The van der Waals surface area contributed by atoms with Crippen molar-refractivity contribution >= 4 is 28.6 Å². The zero-order valence-electron chi connectivity index (χ0n) is 9.88. The Balaban J connectivity index is 2.42. The molecule has 0 saturated carbocycles. The van der Waals surface area contributed by atoms with Crippen LogP contribution in [0.4, 0.5) is 28.9 Å². The van der Waals surface area contributed by atoms with E-state index in [9.17, 15) is 17.6 Å². The summed E-state index contributed by atoms with van der Waals surface area (Å²) in [6.45, 7) is 0. The lowest BCUT2D eigenvalue weighted by molar-refractivity contribution is 0.448. The first kappa shape index (κ1) is 14.3. The molecular formula is C13H8F4N2S. The van der Waals surface area contributed by atoms with Crippen molar-refractivity contribution in [1.82, 2.24) is 0 Å². The molecule has 2 nitrogen and oxygen atoms in total. The monoisotopic (exact) mass is 300 g/mol. The van der Waals surface area contributed by atoms with Crippen molar-refractivity contribution in [2.75, 3.05) is 5.32 Å². The molecule has 0 spiro atoms. The Morgan fingerprint density at radius 2 is 1.60 bits per heavy atom. The molecule has 2 rings (SSSR count). The van der Waals surface area contributed by atoms with Gasteiger partial charge in [0.1, 0.15) is 10.8 Å². The maximum Gasteiger partial charge on any atom is 0.194 e. The highest BCUT2D eigenvalue weighted by Crippen LogP contribution is 2.24. The number of benzene rings is 2. The quantitative estimate of drug-likeness (QED) is 0.516. The second kappa shape index (κ2) is 5.46. The van der Waals surface area contributed by atoms with Crippen LogP contribution in [0.15, 0.2) is 30.3 Å². The van der Waals surface area contributed by atoms with Crippen molar-refractivity contribution < 1.29 is 17.6 Å². The summed E-state index contributed by atoms with van der Waals surface area (Å²) >= 11 is 4.76. The van der Waals surface area contributed by atoms with E-state index in [2.05, 4.69) is 5.32 Å². The fourth-order valence-corrected chi connectivity index (χ4v) is 1.78. The molecule has 0 aliphatic carbocycles. The average molecular weight is 300 g/mol. The summed E-state index contributed by atoms with van der Waals surface area (Å²) in [7, 11) is 0. The lowest BCUT2D eigenvalue weighted by atomic mass is 10.1. The van der Waals surface area contributed by atoms with Gasteiger partial charge in [-0.15, -0.1) is 0 Å². The van der Waals surface area contributed by atoms with Crippen molar-refractivity contribution in [3.8, 4) is 0 Å². The van der Waals surface area contributed by atoms with E-state index in [4.69, 9.17) is 18.0 Å². The number of anilines is 2. The Morgan fingerprint density at radius 1 is 1.00 bits per heavy atom. The maximum atomic E-state index is 13.1. The third kappa shape index (κ3) is 2.88. The molecule has 0 fully saturated rings. The molecule has 0 unspecified atom stereocenters. The van der Waals surface area contributed by atoms with E-state index in [0.29, 0.717) is 0 Å². The minimum Gasteiger partial charge on any atom is -0.389 e. The Labute approximate surface area is 117 Å². The highest BCUT2D eigenvalue weighted by atomic mass is 32.1. The number of thiocarbonyl (C=S) groups is 1. The van der Waals surface area contributed by atoms with Gasteiger partial charge in [-0.25, -0.2) is 17.6 Å². The minimum absolute atomic E-state index is 0.0505. The first-order valence-corrected chi connectivity index (χ1v) is 5.80.